The number of carbonyl (C=O) groups excluding carboxylic acids is 1. The van der Waals surface area contributed by atoms with Crippen LogP contribution in [0.15, 0.2) is 36.5 Å². The van der Waals surface area contributed by atoms with Crippen LogP contribution in [0.25, 0.3) is 0 Å². The van der Waals surface area contributed by atoms with Gasteiger partial charge in [-0.15, -0.1) is 0 Å². The van der Waals surface area contributed by atoms with E-state index >= 15 is 0 Å². The van der Waals surface area contributed by atoms with Gasteiger partial charge in [0.15, 0.2) is 6.29 Å². The topological polar surface area (TPSA) is 149 Å². The van der Waals surface area contributed by atoms with E-state index in [0.29, 0.717) is 12.8 Å². The van der Waals surface area contributed by atoms with Crippen molar-refractivity contribution in [3.8, 4) is 0 Å². The Kier molecular flexibility index (Phi) is 41.7. The second-order valence-corrected chi connectivity index (χ2v) is 18.6. The Bertz CT molecular complexity index is 1080. The van der Waals surface area contributed by atoms with Gasteiger partial charge < -0.3 is 40.3 Å². The Labute approximate surface area is 387 Å². The van der Waals surface area contributed by atoms with Gasteiger partial charge in [0.2, 0.25) is 5.91 Å². The van der Waals surface area contributed by atoms with Crippen LogP contribution in [0.5, 0.6) is 0 Å². The molecular weight excluding hydrogens is 791 g/mol. The summed E-state index contributed by atoms with van der Waals surface area (Å²) in [4.78, 5) is 13.0. The predicted octanol–water partition coefficient (Wildman–Crippen LogP) is 12.4. The molecule has 1 rings (SSSR count). The van der Waals surface area contributed by atoms with Crippen molar-refractivity contribution in [2.45, 2.75) is 288 Å². The smallest absolute Gasteiger partial charge is 0.220 e. The third kappa shape index (κ3) is 34.4. The summed E-state index contributed by atoms with van der Waals surface area (Å²) in [5, 5.41) is 54.5. The summed E-state index contributed by atoms with van der Waals surface area (Å²) in [6.07, 6.45) is 48.8. The number of amides is 1. The molecule has 0 aliphatic carbocycles. The van der Waals surface area contributed by atoms with Crippen LogP contribution in [0.3, 0.4) is 0 Å². The lowest BCUT2D eigenvalue weighted by molar-refractivity contribution is -0.302. The molecular formula is C54H101NO8. The quantitative estimate of drug-likeness (QED) is 0.0261. The lowest BCUT2D eigenvalue weighted by Crippen LogP contribution is -2.60. The van der Waals surface area contributed by atoms with E-state index in [4.69, 9.17) is 9.47 Å². The number of nitrogens with one attached hydrogen (secondary N) is 1. The number of rotatable bonds is 45. The van der Waals surface area contributed by atoms with Gasteiger partial charge in [0.05, 0.1) is 25.4 Å². The van der Waals surface area contributed by atoms with E-state index in [1.165, 1.54) is 141 Å². The summed E-state index contributed by atoms with van der Waals surface area (Å²) >= 11 is 0. The van der Waals surface area contributed by atoms with Gasteiger partial charge in [-0.1, -0.05) is 230 Å². The summed E-state index contributed by atoms with van der Waals surface area (Å²) in [6.45, 7) is 3.73. The van der Waals surface area contributed by atoms with Crippen molar-refractivity contribution in [1.29, 1.82) is 0 Å². The SMILES string of the molecule is CC/C=C\C/C=C\C/C=C\CCCCCCCC(=O)NC(COC1OC(CO)C(O)C(O)C1O)C(O)CCCCCCCCCCCCCCCCCCCCCCCCCCC. The monoisotopic (exact) mass is 892 g/mol. The van der Waals surface area contributed by atoms with Crippen molar-refractivity contribution >= 4 is 5.91 Å². The molecule has 9 heteroatoms. The Hall–Kier alpha value is -1.59. The summed E-state index contributed by atoms with van der Waals surface area (Å²) in [5.74, 6) is -0.160. The van der Waals surface area contributed by atoms with Crippen LogP contribution in [0.1, 0.15) is 245 Å². The van der Waals surface area contributed by atoms with Gasteiger partial charge in [-0.25, -0.2) is 0 Å². The van der Waals surface area contributed by atoms with Gasteiger partial charge in [-0.2, -0.15) is 0 Å². The second-order valence-electron chi connectivity index (χ2n) is 18.6. The Morgan fingerprint density at radius 3 is 1.46 bits per heavy atom. The van der Waals surface area contributed by atoms with Crippen molar-refractivity contribution in [3.63, 3.8) is 0 Å². The first-order valence-corrected chi connectivity index (χ1v) is 26.7. The Balaban J connectivity index is 2.22. The standard InChI is InChI=1S/C54H101NO8/c1-3-5-7-9-11-13-15-17-19-20-21-22-23-24-25-26-27-28-30-31-33-35-37-39-41-43-48(57)47(46-62-54-53(61)52(60)51(59)49(45-56)63-54)55-50(58)44-42-40-38-36-34-32-29-18-16-14-12-10-8-6-4-2/h6,8,12,14,18,29,47-49,51-54,56-57,59-61H,3-5,7,9-11,13,15-17,19-28,30-46H2,1-2H3,(H,55,58)/b8-6-,14-12-,29-18-. The van der Waals surface area contributed by atoms with Crippen LogP contribution >= 0.6 is 0 Å². The molecule has 63 heavy (non-hydrogen) atoms. The van der Waals surface area contributed by atoms with Gasteiger partial charge in [0, 0.05) is 6.42 Å². The molecule has 0 aromatic rings. The van der Waals surface area contributed by atoms with E-state index in [9.17, 15) is 30.3 Å². The van der Waals surface area contributed by atoms with Crippen LogP contribution < -0.4 is 5.32 Å². The van der Waals surface area contributed by atoms with Crippen molar-refractivity contribution in [2.24, 2.45) is 0 Å². The lowest BCUT2D eigenvalue weighted by Gasteiger charge is -2.40. The van der Waals surface area contributed by atoms with Gasteiger partial charge in [0.1, 0.15) is 24.4 Å². The second kappa shape index (κ2) is 44.3. The fourth-order valence-corrected chi connectivity index (χ4v) is 8.53. The third-order valence-electron chi connectivity index (χ3n) is 12.8. The van der Waals surface area contributed by atoms with Gasteiger partial charge in [-0.3, -0.25) is 4.79 Å². The minimum Gasteiger partial charge on any atom is -0.394 e. The highest BCUT2D eigenvalue weighted by molar-refractivity contribution is 5.76. The molecule has 0 saturated carbocycles. The zero-order valence-electron chi connectivity index (χ0n) is 40.8. The fraction of sp³-hybridized carbons (Fsp3) is 0.870. The molecule has 0 aromatic heterocycles. The zero-order chi connectivity index (χ0) is 45.9. The van der Waals surface area contributed by atoms with Crippen LogP contribution in [-0.4, -0.2) is 87.5 Å². The molecule has 7 atom stereocenters. The number of aliphatic hydroxyl groups is 5. The molecule has 370 valence electrons. The average Bonchev–Trinajstić information content (AvgIpc) is 3.28. The highest BCUT2D eigenvalue weighted by Crippen LogP contribution is 2.23. The first-order chi connectivity index (χ1) is 30.8. The van der Waals surface area contributed by atoms with Crippen LogP contribution in [0.4, 0.5) is 0 Å². The summed E-state index contributed by atoms with van der Waals surface area (Å²) in [7, 11) is 0. The minimum atomic E-state index is -1.56. The number of carbonyl (C=O) groups is 1. The molecule has 0 spiro atoms. The normalized spacial score (nSPS) is 20.4. The number of hydrogen-bond acceptors (Lipinski definition) is 8. The zero-order valence-corrected chi connectivity index (χ0v) is 40.8. The van der Waals surface area contributed by atoms with Crippen molar-refractivity contribution in [1.82, 2.24) is 5.32 Å². The maximum Gasteiger partial charge on any atom is 0.220 e. The maximum absolute atomic E-state index is 13.0. The number of ether oxygens (including phenoxy) is 2. The minimum absolute atomic E-state index is 0.145. The van der Waals surface area contributed by atoms with Crippen LogP contribution in [-0.2, 0) is 14.3 Å². The van der Waals surface area contributed by atoms with Gasteiger partial charge in [-0.05, 0) is 44.9 Å². The number of allylic oxidation sites excluding steroid dienone is 6. The highest BCUT2D eigenvalue weighted by atomic mass is 16.7. The number of unbranched alkanes of at least 4 members (excludes halogenated alkanes) is 29. The van der Waals surface area contributed by atoms with E-state index in [1.807, 2.05) is 0 Å². The molecule has 1 aliphatic rings. The number of hydrogen-bond donors (Lipinski definition) is 6. The molecule has 1 saturated heterocycles. The van der Waals surface area contributed by atoms with Crippen molar-refractivity contribution in [3.05, 3.63) is 36.5 Å². The van der Waals surface area contributed by atoms with Crippen LogP contribution in [0.2, 0.25) is 0 Å². The molecule has 0 radical (unpaired) electrons. The summed E-state index contributed by atoms with van der Waals surface area (Å²) in [5.41, 5.74) is 0. The first-order valence-electron chi connectivity index (χ1n) is 26.7. The molecule has 7 unspecified atom stereocenters. The number of aliphatic hydroxyl groups excluding tert-OH is 5. The third-order valence-corrected chi connectivity index (χ3v) is 12.8. The fourth-order valence-electron chi connectivity index (χ4n) is 8.53. The summed E-state index contributed by atoms with van der Waals surface area (Å²) in [6, 6.07) is -0.728. The predicted molar refractivity (Wildman–Crippen MR) is 263 cm³/mol. The molecule has 6 N–H and O–H groups in total. The van der Waals surface area contributed by atoms with E-state index in [2.05, 4.69) is 55.6 Å². The summed E-state index contributed by atoms with van der Waals surface area (Å²) < 4.78 is 11.3. The van der Waals surface area contributed by atoms with E-state index < -0.39 is 49.5 Å². The maximum atomic E-state index is 13.0. The van der Waals surface area contributed by atoms with E-state index in [1.54, 1.807) is 0 Å². The molecule has 1 heterocycles. The van der Waals surface area contributed by atoms with E-state index in [-0.39, 0.29) is 12.5 Å². The van der Waals surface area contributed by atoms with Crippen molar-refractivity contribution < 1.29 is 39.8 Å². The molecule has 1 aliphatic heterocycles. The Morgan fingerprint density at radius 2 is 0.984 bits per heavy atom. The van der Waals surface area contributed by atoms with E-state index in [0.717, 1.165) is 77.0 Å². The first kappa shape index (κ1) is 59.4. The lowest BCUT2D eigenvalue weighted by atomic mass is 9.99. The highest BCUT2D eigenvalue weighted by Gasteiger charge is 2.44. The molecule has 9 nitrogen and oxygen atoms in total. The van der Waals surface area contributed by atoms with Gasteiger partial charge in [0.25, 0.3) is 0 Å². The van der Waals surface area contributed by atoms with Crippen LogP contribution in [0, 0.1) is 0 Å². The molecule has 1 amide bonds. The largest absolute Gasteiger partial charge is 0.394 e. The average molecular weight is 892 g/mol. The Morgan fingerprint density at radius 1 is 0.556 bits per heavy atom. The van der Waals surface area contributed by atoms with Gasteiger partial charge >= 0.3 is 0 Å². The van der Waals surface area contributed by atoms with Crippen molar-refractivity contribution in [2.75, 3.05) is 13.2 Å². The molecule has 0 bridgehead atoms. The molecule has 0 aromatic carbocycles. The molecule has 1 fully saturated rings.